The summed E-state index contributed by atoms with van der Waals surface area (Å²) in [6.45, 7) is 7.46. The highest BCUT2D eigenvalue weighted by atomic mass is 16.2. The minimum Gasteiger partial charge on any atom is -0.326 e. The Balaban J connectivity index is 1.49. The maximum Gasteiger partial charge on any atom is 0.321 e. The van der Waals surface area contributed by atoms with Crippen LogP contribution in [0, 0.1) is 0 Å². The summed E-state index contributed by atoms with van der Waals surface area (Å²) in [5.74, 6) is -0.00602. The minimum absolute atomic E-state index is 0.00602. The number of anilines is 2. The van der Waals surface area contributed by atoms with Crippen molar-refractivity contribution in [2.45, 2.75) is 32.2 Å². The molecule has 0 radical (unpaired) electrons. The standard InChI is InChI=1S/C19H29N5O2/c1-2-4-18(25)21-15-5-3-6-16(13-15)22-19(26)24-11-9-23(10-12-24)17-7-8-20-14-17/h3,5-6,13,17,20H,2,4,7-12,14H2,1H3,(H,21,25)(H,22,26)/t17-/m1/s1. The van der Waals surface area contributed by atoms with Crippen LogP contribution in [-0.2, 0) is 4.79 Å². The van der Waals surface area contributed by atoms with Gasteiger partial charge < -0.3 is 20.9 Å². The van der Waals surface area contributed by atoms with Gasteiger partial charge in [0.25, 0.3) is 0 Å². The van der Waals surface area contributed by atoms with Gasteiger partial charge in [0.1, 0.15) is 0 Å². The average molecular weight is 359 g/mol. The van der Waals surface area contributed by atoms with Crippen LogP contribution in [0.2, 0.25) is 0 Å². The molecule has 1 aromatic carbocycles. The van der Waals surface area contributed by atoms with Crippen molar-refractivity contribution in [1.29, 1.82) is 0 Å². The number of rotatable bonds is 5. The fourth-order valence-electron chi connectivity index (χ4n) is 3.57. The maximum absolute atomic E-state index is 12.5. The lowest BCUT2D eigenvalue weighted by atomic mass is 10.2. The zero-order chi connectivity index (χ0) is 18.4. The van der Waals surface area contributed by atoms with Crippen LogP contribution in [0.15, 0.2) is 24.3 Å². The second kappa shape index (κ2) is 9.00. The molecule has 0 unspecified atom stereocenters. The zero-order valence-electron chi connectivity index (χ0n) is 15.5. The van der Waals surface area contributed by atoms with Crippen LogP contribution in [0.5, 0.6) is 0 Å². The van der Waals surface area contributed by atoms with Crippen molar-refractivity contribution < 1.29 is 9.59 Å². The van der Waals surface area contributed by atoms with Crippen LogP contribution in [0.1, 0.15) is 26.2 Å². The van der Waals surface area contributed by atoms with Gasteiger partial charge in [-0.2, -0.15) is 0 Å². The van der Waals surface area contributed by atoms with Gasteiger partial charge in [-0.25, -0.2) is 4.79 Å². The Hall–Kier alpha value is -2.12. The molecule has 0 spiro atoms. The summed E-state index contributed by atoms with van der Waals surface area (Å²) in [7, 11) is 0. The van der Waals surface area contributed by atoms with Crippen molar-refractivity contribution in [2.24, 2.45) is 0 Å². The third kappa shape index (κ3) is 4.95. The zero-order valence-corrected chi connectivity index (χ0v) is 15.5. The average Bonchev–Trinajstić information content (AvgIpc) is 3.17. The maximum atomic E-state index is 12.5. The summed E-state index contributed by atoms with van der Waals surface area (Å²) in [4.78, 5) is 28.6. The summed E-state index contributed by atoms with van der Waals surface area (Å²) >= 11 is 0. The first-order valence-electron chi connectivity index (χ1n) is 9.56. The number of nitrogens with zero attached hydrogens (tertiary/aromatic N) is 2. The Morgan fingerprint density at radius 2 is 1.88 bits per heavy atom. The number of piperazine rings is 1. The van der Waals surface area contributed by atoms with E-state index >= 15 is 0 Å². The fraction of sp³-hybridized carbons (Fsp3) is 0.579. The van der Waals surface area contributed by atoms with Gasteiger partial charge in [0, 0.05) is 56.6 Å². The van der Waals surface area contributed by atoms with Gasteiger partial charge in [-0.15, -0.1) is 0 Å². The molecule has 1 aromatic rings. The molecule has 7 heteroatoms. The number of amides is 3. The number of carbonyl (C=O) groups is 2. The van der Waals surface area contributed by atoms with Crippen molar-refractivity contribution in [3.05, 3.63) is 24.3 Å². The summed E-state index contributed by atoms with van der Waals surface area (Å²) in [5, 5.41) is 9.20. The summed E-state index contributed by atoms with van der Waals surface area (Å²) < 4.78 is 0. The Kier molecular flexibility index (Phi) is 6.46. The Morgan fingerprint density at radius 3 is 2.54 bits per heavy atom. The van der Waals surface area contributed by atoms with Gasteiger partial charge in [-0.05, 0) is 37.6 Å². The van der Waals surface area contributed by atoms with Crippen molar-refractivity contribution in [3.8, 4) is 0 Å². The molecule has 2 heterocycles. The molecule has 142 valence electrons. The second-order valence-electron chi connectivity index (χ2n) is 6.98. The number of benzene rings is 1. The molecule has 3 N–H and O–H groups in total. The van der Waals surface area contributed by atoms with E-state index in [1.165, 1.54) is 6.42 Å². The summed E-state index contributed by atoms with van der Waals surface area (Å²) in [6.07, 6.45) is 2.51. The molecule has 0 saturated carbocycles. The molecule has 7 nitrogen and oxygen atoms in total. The van der Waals surface area contributed by atoms with E-state index in [1.807, 2.05) is 30.0 Å². The van der Waals surface area contributed by atoms with Crippen LogP contribution in [0.25, 0.3) is 0 Å². The van der Waals surface area contributed by atoms with Crippen LogP contribution in [0.3, 0.4) is 0 Å². The highest BCUT2D eigenvalue weighted by molar-refractivity contribution is 5.93. The number of urea groups is 1. The van der Waals surface area contributed by atoms with E-state index in [0.29, 0.717) is 23.8 Å². The number of hydrogen-bond acceptors (Lipinski definition) is 4. The normalized spacial score (nSPS) is 20.8. The van der Waals surface area contributed by atoms with Crippen LogP contribution < -0.4 is 16.0 Å². The van der Waals surface area contributed by atoms with Gasteiger partial charge in [0.05, 0.1) is 0 Å². The molecule has 2 saturated heterocycles. The first-order valence-corrected chi connectivity index (χ1v) is 9.56. The van der Waals surface area contributed by atoms with Crippen LogP contribution in [-0.4, -0.2) is 67.0 Å². The first kappa shape index (κ1) is 18.7. The molecule has 26 heavy (non-hydrogen) atoms. The lowest BCUT2D eigenvalue weighted by molar-refractivity contribution is -0.116. The van der Waals surface area contributed by atoms with E-state index in [2.05, 4.69) is 20.9 Å². The predicted molar refractivity (Wildman–Crippen MR) is 103 cm³/mol. The molecular weight excluding hydrogens is 330 g/mol. The highest BCUT2D eigenvalue weighted by Gasteiger charge is 2.27. The third-order valence-corrected chi connectivity index (χ3v) is 5.03. The summed E-state index contributed by atoms with van der Waals surface area (Å²) in [6, 6.07) is 7.84. The first-order chi connectivity index (χ1) is 12.7. The predicted octanol–water partition coefficient (Wildman–Crippen LogP) is 1.94. The Morgan fingerprint density at radius 1 is 1.15 bits per heavy atom. The quantitative estimate of drug-likeness (QED) is 0.751. The van der Waals surface area contributed by atoms with Gasteiger partial charge in [0.15, 0.2) is 0 Å². The summed E-state index contributed by atoms with van der Waals surface area (Å²) in [5.41, 5.74) is 1.41. The molecule has 0 aliphatic carbocycles. The highest BCUT2D eigenvalue weighted by Crippen LogP contribution is 2.17. The van der Waals surface area contributed by atoms with E-state index in [9.17, 15) is 9.59 Å². The van der Waals surface area contributed by atoms with E-state index in [0.717, 1.165) is 45.7 Å². The molecule has 0 bridgehead atoms. The molecule has 2 fully saturated rings. The minimum atomic E-state index is -0.0776. The fourth-order valence-corrected chi connectivity index (χ4v) is 3.57. The number of nitrogens with one attached hydrogen (secondary N) is 3. The van der Waals surface area contributed by atoms with Crippen molar-refractivity contribution in [1.82, 2.24) is 15.1 Å². The molecule has 1 atom stereocenters. The van der Waals surface area contributed by atoms with E-state index in [-0.39, 0.29) is 11.9 Å². The van der Waals surface area contributed by atoms with Gasteiger partial charge in [-0.3, -0.25) is 9.69 Å². The molecule has 0 aromatic heterocycles. The molecule has 3 amide bonds. The number of carbonyl (C=O) groups excluding carboxylic acids is 2. The molecule has 2 aliphatic heterocycles. The molecule has 2 aliphatic rings. The van der Waals surface area contributed by atoms with Crippen LogP contribution in [0.4, 0.5) is 16.2 Å². The SMILES string of the molecule is CCCC(=O)Nc1cccc(NC(=O)N2CCN([C@@H]3CCNC3)CC2)c1. The third-order valence-electron chi connectivity index (χ3n) is 5.03. The number of hydrogen-bond donors (Lipinski definition) is 3. The lowest BCUT2D eigenvalue weighted by Crippen LogP contribution is -2.53. The van der Waals surface area contributed by atoms with Crippen LogP contribution >= 0.6 is 0 Å². The van der Waals surface area contributed by atoms with Gasteiger partial charge in [-0.1, -0.05) is 13.0 Å². The van der Waals surface area contributed by atoms with Gasteiger partial charge in [0.2, 0.25) is 5.91 Å². The van der Waals surface area contributed by atoms with Crippen molar-refractivity contribution in [2.75, 3.05) is 49.9 Å². The molecule has 3 rings (SSSR count). The van der Waals surface area contributed by atoms with E-state index in [4.69, 9.17) is 0 Å². The Bertz CT molecular complexity index is 622. The second-order valence-corrected chi connectivity index (χ2v) is 6.98. The van der Waals surface area contributed by atoms with E-state index < -0.39 is 0 Å². The van der Waals surface area contributed by atoms with E-state index in [1.54, 1.807) is 6.07 Å². The van der Waals surface area contributed by atoms with Crippen molar-refractivity contribution in [3.63, 3.8) is 0 Å². The van der Waals surface area contributed by atoms with Crippen molar-refractivity contribution >= 4 is 23.3 Å². The monoisotopic (exact) mass is 359 g/mol. The van der Waals surface area contributed by atoms with Gasteiger partial charge >= 0.3 is 6.03 Å². The Labute approximate surface area is 155 Å². The lowest BCUT2D eigenvalue weighted by Gasteiger charge is -2.37. The molecular formula is C19H29N5O2. The topological polar surface area (TPSA) is 76.7 Å². The smallest absolute Gasteiger partial charge is 0.321 e. The largest absolute Gasteiger partial charge is 0.326 e.